The highest BCUT2D eigenvalue weighted by molar-refractivity contribution is 6.31. The Bertz CT molecular complexity index is 416. The Morgan fingerprint density at radius 1 is 1.20 bits per heavy atom. The average Bonchev–Trinajstić information content (AvgIpc) is 2.34. The van der Waals surface area contributed by atoms with Crippen LogP contribution in [0.2, 0.25) is 5.02 Å². The zero-order valence-electron chi connectivity index (χ0n) is 13.6. The van der Waals surface area contributed by atoms with Crippen LogP contribution in [0, 0.1) is 5.92 Å². The lowest BCUT2D eigenvalue weighted by Gasteiger charge is -2.30. The van der Waals surface area contributed by atoms with Gasteiger partial charge in [0.15, 0.2) is 0 Å². The van der Waals surface area contributed by atoms with E-state index in [1.54, 1.807) is 6.20 Å². The number of nitrogens with zero attached hydrogens (tertiary/aromatic N) is 2. The molecule has 0 spiro atoms. The number of halogens is 1. The minimum Gasteiger partial charge on any atom is -0.354 e. The van der Waals surface area contributed by atoms with Crippen LogP contribution in [0.5, 0.6) is 0 Å². The number of rotatable bonds is 7. The summed E-state index contributed by atoms with van der Waals surface area (Å²) in [7, 11) is 0. The van der Waals surface area contributed by atoms with Crippen molar-refractivity contribution in [1.82, 2.24) is 10.3 Å². The SMILES string of the molecule is CC(C)CN(c1cc(CNC(C)C)c(Cl)cn1)C(C)C. The van der Waals surface area contributed by atoms with Crippen molar-refractivity contribution in [2.45, 2.75) is 60.2 Å². The van der Waals surface area contributed by atoms with E-state index in [0.717, 1.165) is 29.5 Å². The molecule has 1 N–H and O–H groups in total. The molecule has 0 saturated heterocycles. The normalized spacial score (nSPS) is 11.7. The summed E-state index contributed by atoms with van der Waals surface area (Å²) < 4.78 is 0. The van der Waals surface area contributed by atoms with Gasteiger partial charge in [-0.2, -0.15) is 0 Å². The fourth-order valence-electron chi connectivity index (χ4n) is 2.04. The highest BCUT2D eigenvalue weighted by Crippen LogP contribution is 2.22. The van der Waals surface area contributed by atoms with Gasteiger partial charge in [-0.3, -0.25) is 0 Å². The van der Waals surface area contributed by atoms with Crippen LogP contribution in [0.4, 0.5) is 5.82 Å². The van der Waals surface area contributed by atoms with E-state index in [0.29, 0.717) is 18.0 Å². The van der Waals surface area contributed by atoms with Crippen LogP contribution in [0.25, 0.3) is 0 Å². The van der Waals surface area contributed by atoms with Gasteiger partial charge in [-0.05, 0) is 31.4 Å². The smallest absolute Gasteiger partial charge is 0.129 e. The van der Waals surface area contributed by atoms with Crippen LogP contribution in [-0.2, 0) is 6.54 Å². The third-order valence-electron chi connectivity index (χ3n) is 3.10. The second kappa shape index (κ2) is 7.84. The van der Waals surface area contributed by atoms with E-state index < -0.39 is 0 Å². The zero-order valence-corrected chi connectivity index (χ0v) is 14.3. The largest absolute Gasteiger partial charge is 0.354 e. The van der Waals surface area contributed by atoms with Crippen molar-refractivity contribution in [3.63, 3.8) is 0 Å². The molecule has 114 valence electrons. The van der Waals surface area contributed by atoms with Gasteiger partial charge in [-0.25, -0.2) is 4.98 Å². The number of pyridine rings is 1. The van der Waals surface area contributed by atoms with Gasteiger partial charge in [0.1, 0.15) is 5.82 Å². The second-order valence-corrected chi connectivity index (χ2v) is 6.72. The highest BCUT2D eigenvalue weighted by atomic mass is 35.5. The first-order chi connectivity index (χ1) is 9.31. The van der Waals surface area contributed by atoms with Gasteiger partial charge in [0, 0.05) is 31.4 Å². The van der Waals surface area contributed by atoms with Gasteiger partial charge in [-0.1, -0.05) is 39.3 Å². The molecule has 0 saturated carbocycles. The van der Waals surface area contributed by atoms with Gasteiger partial charge < -0.3 is 10.2 Å². The lowest BCUT2D eigenvalue weighted by Crippen LogP contribution is -2.35. The Balaban J connectivity index is 2.96. The summed E-state index contributed by atoms with van der Waals surface area (Å²) in [4.78, 5) is 6.84. The molecule has 1 aromatic rings. The number of hydrogen-bond acceptors (Lipinski definition) is 3. The minimum atomic E-state index is 0.428. The summed E-state index contributed by atoms with van der Waals surface area (Å²) in [5.74, 6) is 1.62. The fourth-order valence-corrected chi connectivity index (χ4v) is 2.21. The molecule has 0 aliphatic carbocycles. The first-order valence-corrected chi connectivity index (χ1v) is 7.83. The number of nitrogens with one attached hydrogen (secondary N) is 1. The molecule has 0 radical (unpaired) electrons. The maximum atomic E-state index is 6.25. The second-order valence-electron chi connectivity index (χ2n) is 6.31. The van der Waals surface area contributed by atoms with Gasteiger partial charge in [0.05, 0.1) is 5.02 Å². The lowest BCUT2D eigenvalue weighted by molar-refractivity contribution is 0.564. The van der Waals surface area contributed by atoms with Crippen molar-refractivity contribution >= 4 is 17.4 Å². The molecule has 3 nitrogen and oxygen atoms in total. The van der Waals surface area contributed by atoms with Crippen LogP contribution in [0.3, 0.4) is 0 Å². The molecule has 1 heterocycles. The van der Waals surface area contributed by atoms with Crippen LogP contribution in [0.15, 0.2) is 12.3 Å². The lowest BCUT2D eigenvalue weighted by atomic mass is 10.1. The van der Waals surface area contributed by atoms with Gasteiger partial charge >= 0.3 is 0 Å². The topological polar surface area (TPSA) is 28.2 Å². The molecule has 0 unspecified atom stereocenters. The molecular weight excluding hydrogens is 270 g/mol. The van der Waals surface area contributed by atoms with Crippen molar-refractivity contribution in [1.29, 1.82) is 0 Å². The third kappa shape index (κ3) is 5.29. The highest BCUT2D eigenvalue weighted by Gasteiger charge is 2.15. The molecule has 0 fully saturated rings. The molecule has 20 heavy (non-hydrogen) atoms. The molecule has 1 aromatic heterocycles. The van der Waals surface area contributed by atoms with Gasteiger partial charge in [0.25, 0.3) is 0 Å². The van der Waals surface area contributed by atoms with Crippen molar-refractivity contribution in [3.05, 3.63) is 22.8 Å². The summed E-state index contributed by atoms with van der Waals surface area (Å²) >= 11 is 6.25. The Hall–Kier alpha value is -0.800. The number of aromatic nitrogens is 1. The quantitative estimate of drug-likeness (QED) is 0.821. The first-order valence-electron chi connectivity index (χ1n) is 7.45. The maximum Gasteiger partial charge on any atom is 0.129 e. The molecular formula is C16H28ClN3. The van der Waals surface area contributed by atoms with E-state index in [4.69, 9.17) is 11.6 Å². The Kier molecular flexibility index (Phi) is 6.77. The van der Waals surface area contributed by atoms with Crippen LogP contribution < -0.4 is 10.2 Å². The average molecular weight is 298 g/mol. The van der Waals surface area contributed by atoms with Crippen molar-refractivity contribution in [2.75, 3.05) is 11.4 Å². The monoisotopic (exact) mass is 297 g/mol. The summed E-state index contributed by atoms with van der Waals surface area (Å²) in [6, 6.07) is 2.98. The van der Waals surface area contributed by atoms with E-state index in [1.807, 2.05) is 0 Å². The van der Waals surface area contributed by atoms with E-state index in [9.17, 15) is 0 Å². The van der Waals surface area contributed by atoms with Crippen molar-refractivity contribution < 1.29 is 0 Å². The third-order valence-corrected chi connectivity index (χ3v) is 3.44. The summed E-state index contributed by atoms with van der Waals surface area (Å²) in [5.41, 5.74) is 1.11. The molecule has 0 amide bonds. The molecule has 0 atom stereocenters. The summed E-state index contributed by atoms with van der Waals surface area (Å²) in [6.45, 7) is 14.9. The Labute approximate surface area is 128 Å². The van der Waals surface area contributed by atoms with Crippen LogP contribution in [-0.4, -0.2) is 23.6 Å². The minimum absolute atomic E-state index is 0.428. The predicted molar refractivity (Wildman–Crippen MR) is 88.5 cm³/mol. The van der Waals surface area contributed by atoms with E-state index in [-0.39, 0.29) is 0 Å². The maximum absolute atomic E-state index is 6.25. The van der Waals surface area contributed by atoms with Crippen LogP contribution in [0.1, 0.15) is 47.1 Å². The van der Waals surface area contributed by atoms with E-state index in [2.05, 4.69) is 62.8 Å². The molecule has 4 heteroatoms. The molecule has 0 aliphatic rings. The summed E-state index contributed by atoms with van der Waals surface area (Å²) in [5, 5.41) is 4.14. The zero-order chi connectivity index (χ0) is 15.3. The molecule has 1 rings (SSSR count). The van der Waals surface area contributed by atoms with Crippen molar-refractivity contribution in [2.24, 2.45) is 5.92 Å². The standard InChI is InChI=1S/C16H28ClN3/c1-11(2)10-20(13(5)6)16-7-14(8-18-12(3)4)15(17)9-19-16/h7,9,11-13,18H,8,10H2,1-6H3. The predicted octanol–water partition coefficient (Wildman–Crippen LogP) is 4.10. The van der Waals surface area contributed by atoms with Crippen molar-refractivity contribution in [3.8, 4) is 0 Å². The van der Waals surface area contributed by atoms with Gasteiger partial charge in [0.2, 0.25) is 0 Å². The number of anilines is 1. The number of hydrogen-bond donors (Lipinski definition) is 1. The van der Waals surface area contributed by atoms with E-state index >= 15 is 0 Å². The Morgan fingerprint density at radius 2 is 1.85 bits per heavy atom. The first kappa shape index (κ1) is 17.3. The summed E-state index contributed by atoms with van der Waals surface area (Å²) in [6.07, 6.45) is 1.77. The molecule has 0 bridgehead atoms. The molecule has 0 aromatic carbocycles. The fraction of sp³-hybridized carbons (Fsp3) is 0.688. The van der Waals surface area contributed by atoms with E-state index in [1.165, 1.54) is 0 Å². The van der Waals surface area contributed by atoms with Gasteiger partial charge in [-0.15, -0.1) is 0 Å². The molecule has 0 aliphatic heterocycles. The van der Waals surface area contributed by atoms with Crippen LogP contribution >= 0.6 is 11.6 Å². The Morgan fingerprint density at radius 3 is 2.35 bits per heavy atom.